The maximum Gasteiger partial charge on any atom is 0.0732 e. The lowest BCUT2D eigenvalue weighted by molar-refractivity contribution is 0.343. The topological polar surface area (TPSA) is 15.3 Å². The highest BCUT2D eigenvalue weighted by Crippen LogP contribution is 2.28. The molecule has 1 unspecified atom stereocenters. The van der Waals surface area contributed by atoms with E-state index in [1.165, 1.54) is 16.8 Å². The summed E-state index contributed by atoms with van der Waals surface area (Å²) in [4.78, 5) is 2.43. The number of allylic oxidation sites excluding steroid dienone is 4. The zero-order valence-electron chi connectivity index (χ0n) is 12.3. The molecule has 0 aromatic heterocycles. The van der Waals surface area contributed by atoms with Crippen molar-refractivity contribution in [3.05, 3.63) is 78.6 Å². The predicted octanol–water partition coefficient (Wildman–Crippen LogP) is 3.37. The van der Waals surface area contributed by atoms with E-state index in [2.05, 4.69) is 77.5 Å². The van der Waals surface area contributed by atoms with Gasteiger partial charge in [-0.25, -0.2) is 0 Å². The molecular weight excluding hydrogens is 256 g/mol. The standard InChI is InChI=1S/C19H22N2/c1-16-15-20-13-8-14-21(16)19-12-7-3-6-11-18(19)17-9-4-2-5-10-17/h2-7,9-12,19-20H,1,8,13-15H2. The fourth-order valence-corrected chi connectivity index (χ4v) is 2.97. The summed E-state index contributed by atoms with van der Waals surface area (Å²) in [7, 11) is 0. The van der Waals surface area contributed by atoms with Gasteiger partial charge in [-0.05, 0) is 24.1 Å². The SMILES string of the molecule is C=C1CNCCCN1C1C=CC=CC=C1c1ccccc1. The van der Waals surface area contributed by atoms with Gasteiger partial charge in [-0.3, -0.25) is 0 Å². The molecule has 0 saturated carbocycles. The Labute approximate surface area is 127 Å². The first-order chi connectivity index (χ1) is 10.4. The Balaban J connectivity index is 1.96. The van der Waals surface area contributed by atoms with Crippen molar-refractivity contribution in [2.75, 3.05) is 19.6 Å². The predicted molar refractivity (Wildman–Crippen MR) is 89.8 cm³/mol. The summed E-state index contributed by atoms with van der Waals surface area (Å²) in [6.07, 6.45) is 12.0. The Kier molecular flexibility index (Phi) is 4.37. The lowest BCUT2D eigenvalue weighted by atomic mass is 9.96. The molecule has 21 heavy (non-hydrogen) atoms. The summed E-state index contributed by atoms with van der Waals surface area (Å²) in [5.74, 6) is 0. The van der Waals surface area contributed by atoms with Gasteiger partial charge in [0.25, 0.3) is 0 Å². The van der Waals surface area contributed by atoms with Gasteiger partial charge in [-0.1, -0.05) is 67.3 Å². The van der Waals surface area contributed by atoms with Gasteiger partial charge in [0.1, 0.15) is 0 Å². The zero-order chi connectivity index (χ0) is 14.5. The third-order valence-corrected chi connectivity index (χ3v) is 4.04. The lowest BCUT2D eigenvalue weighted by Crippen LogP contribution is -2.35. The van der Waals surface area contributed by atoms with Crippen LogP contribution in [0.25, 0.3) is 5.57 Å². The van der Waals surface area contributed by atoms with Gasteiger partial charge in [0.05, 0.1) is 6.04 Å². The number of nitrogens with zero attached hydrogens (tertiary/aromatic N) is 1. The van der Waals surface area contributed by atoms with Crippen LogP contribution < -0.4 is 5.32 Å². The fraction of sp³-hybridized carbons (Fsp3) is 0.263. The largest absolute Gasteiger partial charge is 0.364 e. The van der Waals surface area contributed by atoms with Crippen molar-refractivity contribution >= 4 is 5.57 Å². The molecule has 0 amide bonds. The van der Waals surface area contributed by atoms with Crippen LogP contribution in [0.4, 0.5) is 0 Å². The molecule has 1 aliphatic heterocycles. The van der Waals surface area contributed by atoms with Crippen LogP contribution in [-0.4, -0.2) is 30.6 Å². The fourth-order valence-electron chi connectivity index (χ4n) is 2.97. The van der Waals surface area contributed by atoms with Crippen molar-refractivity contribution in [2.45, 2.75) is 12.5 Å². The molecule has 1 heterocycles. The van der Waals surface area contributed by atoms with E-state index >= 15 is 0 Å². The maximum atomic E-state index is 4.27. The second-order valence-electron chi connectivity index (χ2n) is 5.49. The number of hydrogen-bond donors (Lipinski definition) is 1. The van der Waals surface area contributed by atoms with E-state index in [1.54, 1.807) is 0 Å². The summed E-state index contributed by atoms with van der Waals surface area (Å²) in [5, 5.41) is 3.44. The lowest BCUT2D eigenvalue weighted by Gasteiger charge is -2.33. The Morgan fingerprint density at radius 2 is 1.95 bits per heavy atom. The van der Waals surface area contributed by atoms with E-state index in [1.807, 2.05) is 0 Å². The van der Waals surface area contributed by atoms with Crippen molar-refractivity contribution in [2.24, 2.45) is 0 Å². The first kappa shape index (κ1) is 13.9. The van der Waals surface area contributed by atoms with Crippen LogP contribution in [-0.2, 0) is 0 Å². The van der Waals surface area contributed by atoms with Gasteiger partial charge in [-0.2, -0.15) is 0 Å². The Hall–Kier alpha value is -2.06. The van der Waals surface area contributed by atoms with E-state index in [9.17, 15) is 0 Å². The van der Waals surface area contributed by atoms with Gasteiger partial charge in [-0.15, -0.1) is 0 Å². The second-order valence-corrected chi connectivity index (χ2v) is 5.49. The minimum absolute atomic E-state index is 0.259. The van der Waals surface area contributed by atoms with Crippen LogP contribution >= 0.6 is 0 Å². The monoisotopic (exact) mass is 278 g/mol. The molecule has 0 radical (unpaired) electrons. The van der Waals surface area contributed by atoms with E-state index in [0.717, 1.165) is 26.1 Å². The van der Waals surface area contributed by atoms with Crippen molar-refractivity contribution < 1.29 is 0 Å². The third-order valence-electron chi connectivity index (χ3n) is 4.04. The normalized spacial score (nSPS) is 22.7. The first-order valence-corrected chi connectivity index (χ1v) is 7.62. The van der Waals surface area contributed by atoms with E-state index in [4.69, 9.17) is 0 Å². The summed E-state index contributed by atoms with van der Waals surface area (Å²) in [6.45, 7) is 7.26. The van der Waals surface area contributed by atoms with Gasteiger partial charge in [0.2, 0.25) is 0 Å². The minimum Gasteiger partial charge on any atom is -0.364 e. The molecule has 2 nitrogen and oxygen atoms in total. The molecule has 2 aliphatic rings. The van der Waals surface area contributed by atoms with E-state index in [0.29, 0.717) is 0 Å². The number of hydrogen-bond acceptors (Lipinski definition) is 2. The van der Waals surface area contributed by atoms with Gasteiger partial charge in [0, 0.05) is 18.8 Å². The maximum absolute atomic E-state index is 4.27. The summed E-state index contributed by atoms with van der Waals surface area (Å²) >= 11 is 0. The molecule has 1 aromatic carbocycles. The van der Waals surface area contributed by atoms with E-state index in [-0.39, 0.29) is 6.04 Å². The highest BCUT2D eigenvalue weighted by Gasteiger charge is 2.23. The van der Waals surface area contributed by atoms with Crippen LogP contribution in [0.15, 0.2) is 73.0 Å². The zero-order valence-corrected chi connectivity index (χ0v) is 12.3. The third kappa shape index (κ3) is 3.17. The van der Waals surface area contributed by atoms with E-state index < -0.39 is 0 Å². The summed E-state index contributed by atoms with van der Waals surface area (Å²) in [5.41, 5.74) is 3.79. The molecule has 0 bridgehead atoms. The molecular formula is C19H22N2. The molecule has 1 atom stereocenters. The Morgan fingerprint density at radius 1 is 1.10 bits per heavy atom. The van der Waals surface area contributed by atoms with Crippen LogP contribution in [0.5, 0.6) is 0 Å². The van der Waals surface area contributed by atoms with Crippen molar-refractivity contribution in [1.29, 1.82) is 0 Å². The highest BCUT2D eigenvalue weighted by atomic mass is 15.2. The Bertz CT molecular complexity index is 581. The average molecular weight is 278 g/mol. The van der Waals surface area contributed by atoms with Crippen molar-refractivity contribution in [3.8, 4) is 0 Å². The minimum atomic E-state index is 0.259. The van der Waals surface area contributed by atoms with Crippen LogP contribution in [0.2, 0.25) is 0 Å². The van der Waals surface area contributed by atoms with Crippen molar-refractivity contribution in [3.63, 3.8) is 0 Å². The smallest absolute Gasteiger partial charge is 0.0732 e. The summed E-state index contributed by atoms with van der Waals surface area (Å²) in [6, 6.07) is 10.9. The highest BCUT2D eigenvalue weighted by molar-refractivity contribution is 5.73. The summed E-state index contributed by atoms with van der Waals surface area (Å²) < 4.78 is 0. The van der Waals surface area contributed by atoms with Crippen LogP contribution in [0.3, 0.4) is 0 Å². The molecule has 0 spiro atoms. The molecule has 1 aromatic rings. The molecule has 108 valence electrons. The first-order valence-electron chi connectivity index (χ1n) is 7.62. The molecule has 2 heteroatoms. The van der Waals surface area contributed by atoms with Gasteiger partial charge < -0.3 is 10.2 Å². The molecule has 1 fully saturated rings. The number of benzene rings is 1. The quantitative estimate of drug-likeness (QED) is 0.892. The number of nitrogens with one attached hydrogen (secondary N) is 1. The Morgan fingerprint density at radius 3 is 2.81 bits per heavy atom. The second kappa shape index (κ2) is 6.59. The number of rotatable bonds is 2. The van der Waals surface area contributed by atoms with Crippen molar-refractivity contribution in [1.82, 2.24) is 10.2 Å². The average Bonchev–Trinajstić information content (AvgIpc) is 2.88. The molecule has 1 N–H and O–H groups in total. The van der Waals surface area contributed by atoms with Gasteiger partial charge in [0.15, 0.2) is 0 Å². The van der Waals surface area contributed by atoms with Gasteiger partial charge >= 0.3 is 0 Å². The molecule has 3 rings (SSSR count). The van der Waals surface area contributed by atoms with Crippen LogP contribution in [0.1, 0.15) is 12.0 Å². The van der Waals surface area contributed by atoms with Crippen LogP contribution in [0, 0.1) is 0 Å². The molecule has 1 aliphatic carbocycles. The molecule has 1 saturated heterocycles.